The van der Waals surface area contributed by atoms with Gasteiger partial charge >= 0.3 is 7.12 Å². The van der Waals surface area contributed by atoms with E-state index in [0.29, 0.717) is 5.56 Å². The third kappa shape index (κ3) is 4.15. The van der Waals surface area contributed by atoms with E-state index in [1.807, 2.05) is 30.5 Å². The minimum atomic E-state index is -0.824. The lowest BCUT2D eigenvalue weighted by Gasteiger charge is -2.32. The molecule has 0 aliphatic carbocycles. The van der Waals surface area contributed by atoms with Crippen LogP contribution in [0.3, 0.4) is 0 Å². The molecule has 4 nitrogen and oxygen atoms in total. The summed E-state index contributed by atoms with van der Waals surface area (Å²) in [6.07, 6.45) is 3.73. The third-order valence-electron chi connectivity index (χ3n) is 6.97. The summed E-state index contributed by atoms with van der Waals surface area (Å²) < 4.78 is 39.1. The zero-order valence-electron chi connectivity index (χ0n) is 20.2. The molecule has 35 heavy (non-hydrogen) atoms. The van der Waals surface area contributed by atoms with Crippen LogP contribution < -0.4 is 5.46 Å². The number of H-pyrrole nitrogens is 2. The minimum absolute atomic E-state index is 0.287. The molecule has 3 aromatic carbocycles. The quantitative estimate of drug-likeness (QED) is 0.285. The number of rotatable bonds is 2. The summed E-state index contributed by atoms with van der Waals surface area (Å²) in [5.74, 6) is -1.63. The molecule has 1 fully saturated rings. The molecule has 0 atom stereocenters. The van der Waals surface area contributed by atoms with Gasteiger partial charge in [-0.2, -0.15) is 0 Å². The van der Waals surface area contributed by atoms with Gasteiger partial charge in [0.15, 0.2) is 11.6 Å². The summed E-state index contributed by atoms with van der Waals surface area (Å²) in [4.78, 5) is 6.26. The molecule has 0 amide bonds. The van der Waals surface area contributed by atoms with Crippen LogP contribution in [0.2, 0.25) is 0 Å². The summed E-state index contributed by atoms with van der Waals surface area (Å²) in [7, 11) is -0.297. The monoisotopic (exact) mass is 472 g/mol. The van der Waals surface area contributed by atoms with E-state index in [0.717, 1.165) is 33.3 Å². The largest absolute Gasteiger partial charge is 0.495 e. The maximum Gasteiger partial charge on any atom is 0.495 e. The third-order valence-corrected chi connectivity index (χ3v) is 6.97. The Kier molecular flexibility index (Phi) is 5.78. The van der Waals surface area contributed by atoms with Crippen molar-refractivity contribution in [3.05, 3.63) is 90.8 Å². The smallest absolute Gasteiger partial charge is 0.399 e. The summed E-state index contributed by atoms with van der Waals surface area (Å²) in [6, 6.07) is 19.8. The Morgan fingerprint density at radius 3 is 1.89 bits per heavy atom. The van der Waals surface area contributed by atoms with E-state index in [4.69, 9.17) is 9.31 Å². The standard InChI is InChI=1S/C14H18BNO2.C14H9F2N/c1-13(2)14(3,4)18-15(17-13)11-6-5-7-12-10(11)8-9-16-12;15-12-5-1-4-11(14(12)16)9-3-2-6-13-10(9)7-8-17-13/h5-9,16H,1-4H3;1-8,17H. The fraction of sp³-hybridized carbons (Fsp3) is 0.214. The number of halogens is 2. The number of aromatic nitrogens is 2. The van der Waals surface area contributed by atoms with Crippen molar-refractivity contribution in [1.82, 2.24) is 9.97 Å². The van der Waals surface area contributed by atoms with Gasteiger partial charge in [0.1, 0.15) is 0 Å². The first-order chi connectivity index (χ1) is 16.7. The highest BCUT2D eigenvalue weighted by Crippen LogP contribution is 2.37. The van der Waals surface area contributed by atoms with Crippen LogP contribution in [0.5, 0.6) is 0 Å². The van der Waals surface area contributed by atoms with Crippen molar-refractivity contribution in [3.63, 3.8) is 0 Å². The Balaban J connectivity index is 0.000000145. The maximum absolute atomic E-state index is 13.7. The van der Waals surface area contributed by atoms with E-state index in [1.54, 1.807) is 18.3 Å². The summed E-state index contributed by atoms with van der Waals surface area (Å²) in [5.41, 5.74) is 3.50. The number of benzene rings is 3. The second kappa shape index (κ2) is 8.66. The van der Waals surface area contributed by atoms with Gasteiger partial charge in [0, 0.05) is 34.4 Å². The Morgan fingerprint density at radius 1 is 0.657 bits per heavy atom. The van der Waals surface area contributed by atoms with Crippen LogP contribution in [0.1, 0.15) is 27.7 Å². The van der Waals surface area contributed by atoms with Gasteiger partial charge in [-0.1, -0.05) is 36.4 Å². The molecule has 1 saturated heterocycles. The average Bonchev–Trinajstić information content (AvgIpc) is 3.53. The molecule has 178 valence electrons. The summed E-state index contributed by atoms with van der Waals surface area (Å²) in [5, 5.41) is 2.05. The van der Waals surface area contributed by atoms with E-state index in [2.05, 4.69) is 55.9 Å². The lowest BCUT2D eigenvalue weighted by molar-refractivity contribution is 0.00578. The van der Waals surface area contributed by atoms with Crippen LogP contribution in [-0.4, -0.2) is 28.3 Å². The van der Waals surface area contributed by atoms with E-state index >= 15 is 0 Å². The zero-order valence-corrected chi connectivity index (χ0v) is 20.2. The fourth-order valence-electron chi connectivity index (χ4n) is 4.32. The molecule has 7 heteroatoms. The van der Waals surface area contributed by atoms with Crippen LogP contribution in [0, 0.1) is 11.6 Å². The number of nitrogens with one attached hydrogen (secondary N) is 2. The van der Waals surface area contributed by atoms with Gasteiger partial charge in [-0.3, -0.25) is 0 Å². The SMILES string of the molecule is CC1(C)OB(c2cccc3[nH]ccc23)OC1(C)C.Fc1cccc(-c2cccc3[nH]ccc23)c1F. The Bertz CT molecular complexity index is 1490. The highest BCUT2D eigenvalue weighted by molar-refractivity contribution is 6.65. The number of aromatic amines is 2. The van der Waals surface area contributed by atoms with Crippen molar-refractivity contribution in [2.45, 2.75) is 38.9 Å². The van der Waals surface area contributed by atoms with Gasteiger partial charge in [-0.15, -0.1) is 0 Å². The van der Waals surface area contributed by atoms with Crippen LogP contribution in [0.4, 0.5) is 8.78 Å². The minimum Gasteiger partial charge on any atom is -0.399 e. The second-order valence-corrected chi connectivity index (χ2v) is 9.72. The molecular formula is C28H27BF2N2O2. The molecule has 3 heterocycles. The highest BCUT2D eigenvalue weighted by atomic mass is 19.2. The average molecular weight is 472 g/mol. The van der Waals surface area contributed by atoms with Crippen molar-refractivity contribution >= 4 is 34.4 Å². The number of fused-ring (bicyclic) bond motifs is 2. The molecule has 5 aromatic rings. The zero-order chi connectivity index (χ0) is 24.8. The molecule has 0 unspecified atom stereocenters. The van der Waals surface area contributed by atoms with Crippen molar-refractivity contribution in [3.8, 4) is 11.1 Å². The van der Waals surface area contributed by atoms with Crippen LogP contribution in [0.15, 0.2) is 79.1 Å². The Labute approximate surface area is 203 Å². The Hall–Kier alpha value is -3.42. The molecule has 0 saturated carbocycles. The second-order valence-electron chi connectivity index (χ2n) is 9.72. The molecule has 6 rings (SSSR count). The van der Waals surface area contributed by atoms with E-state index in [1.165, 1.54) is 6.07 Å². The maximum atomic E-state index is 13.7. The molecule has 0 spiro atoms. The van der Waals surface area contributed by atoms with Crippen LogP contribution in [0.25, 0.3) is 32.9 Å². The topological polar surface area (TPSA) is 50.0 Å². The molecule has 2 aromatic heterocycles. The predicted octanol–water partition coefficient (Wildman–Crippen LogP) is 6.58. The number of hydrogen-bond donors (Lipinski definition) is 2. The molecule has 0 bridgehead atoms. The van der Waals surface area contributed by atoms with Gasteiger partial charge in [0.2, 0.25) is 0 Å². The molecular weight excluding hydrogens is 445 g/mol. The first kappa shape index (κ1) is 23.3. The van der Waals surface area contributed by atoms with Crippen molar-refractivity contribution < 1.29 is 18.1 Å². The first-order valence-corrected chi connectivity index (χ1v) is 11.6. The normalized spacial score (nSPS) is 16.5. The van der Waals surface area contributed by atoms with Gasteiger partial charge in [0.25, 0.3) is 0 Å². The summed E-state index contributed by atoms with van der Waals surface area (Å²) in [6.45, 7) is 8.29. The molecule has 2 N–H and O–H groups in total. The van der Waals surface area contributed by atoms with Gasteiger partial charge in [-0.05, 0) is 74.4 Å². The van der Waals surface area contributed by atoms with Crippen molar-refractivity contribution in [2.75, 3.05) is 0 Å². The lowest BCUT2D eigenvalue weighted by atomic mass is 9.77. The van der Waals surface area contributed by atoms with E-state index < -0.39 is 11.6 Å². The molecule has 1 aliphatic rings. The van der Waals surface area contributed by atoms with Crippen LogP contribution >= 0.6 is 0 Å². The van der Waals surface area contributed by atoms with Crippen molar-refractivity contribution in [1.29, 1.82) is 0 Å². The van der Waals surface area contributed by atoms with E-state index in [9.17, 15) is 8.78 Å². The Morgan fingerprint density at radius 2 is 1.20 bits per heavy atom. The van der Waals surface area contributed by atoms with E-state index in [-0.39, 0.29) is 23.9 Å². The van der Waals surface area contributed by atoms with Crippen LogP contribution in [-0.2, 0) is 9.31 Å². The highest BCUT2D eigenvalue weighted by Gasteiger charge is 2.52. The molecule has 1 aliphatic heterocycles. The predicted molar refractivity (Wildman–Crippen MR) is 138 cm³/mol. The summed E-state index contributed by atoms with van der Waals surface area (Å²) >= 11 is 0. The van der Waals surface area contributed by atoms with Gasteiger partial charge in [-0.25, -0.2) is 8.78 Å². The van der Waals surface area contributed by atoms with Crippen molar-refractivity contribution in [2.24, 2.45) is 0 Å². The van der Waals surface area contributed by atoms with Gasteiger partial charge < -0.3 is 19.3 Å². The fourth-order valence-corrected chi connectivity index (χ4v) is 4.32. The lowest BCUT2D eigenvalue weighted by Crippen LogP contribution is -2.41. The molecule has 0 radical (unpaired) electrons. The van der Waals surface area contributed by atoms with Gasteiger partial charge in [0.05, 0.1) is 11.2 Å². The number of hydrogen-bond acceptors (Lipinski definition) is 2. The first-order valence-electron chi connectivity index (χ1n) is 11.6.